The monoisotopic (exact) mass is 552 g/mol. The molecule has 0 aliphatic carbocycles. The molecule has 0 N–H and O–H groups in total. The van der Waals surface area contributed by atoms with Gasteiger partial charge in [-0.1, -0.05) is 54.6 Å². The minimum absolute atomic E-state index is 0.131. The first-order valence-corrected chi connectivity index (χ1v) is 12.9. The molecule has 6 nitrogen and oxygen atoms in total. The number of carbonyl (C=O) groups excluding carboxylic acids is 2. The Kier molecular flexibility index (Phi) is 9.60. The number of hydrogen-bond donors (Lipinski definition) is 0. The van der Waals surface area contributed by atoms with Crippen molar-refractivity contribution < 1.29 is 32.2 Å². The zero-order valence-corrected chi connectivity index (χ0v) is 22.1. The summed E-state index contributed by atoms with van der Waals surface area (Å²) in [5.74, 6) is -1.03. The average Bonchev–Trinajstić information content (AvgIpc) is 2.98. The zero-order chi connectivity index (χ0) is 28.5. The van der Waals surface area contributed by atoms with Gasteiger partial charge in [-0.25, -0.2) is 4.79 Å². The first kappa shape index (κ1) is 28.9. The number of esters is 1. The number of rotatable bonds is 9. The van der Waals surface area contributed by atoms with Crippen molar-refractivity contribution in [3.63, 3.8) is 0 Å². The van der Waals surface area contributed by atoms with Crippen LogP contribution in [0.3, 0.4) is 0 Å². The molecule has 0 spiro atoms. The van der Waals surface area contributed by atoms with E-state index in [-0.39, 0.29) is 13.0 Å². The second kappa shape index (κ2) is 13.3. The summed E-state index contributed by atoms with van der Waals surface area (Å²) in [5.41, 5.74) is 2.36. The molecule has 1 aliphatic heterocycles. The third-order valence-electron chi connectivity index (χ3n) is 6.73. The Labute approximate surface area is 231 Å². The number of methoxy groups -OCH3 is 1. The van der Waals surface area contributed by atoms with E-state index in [9.17, 15) is 22.8 Å². The number of halogens is 3. The largest absolute Gasteiger partial charge is 0.467 e. The second-order valence-electron chi connectivity index (χ2n) is 9.41. The SMILES string of the molecule is COC(=O)[C@H](Cc1ccccc1)N(Cc1ccc(N2CCOCC2)cc1)C(=O)C=Cc1ccc(C(F)(F)F)cc1. The van der Waals surface area contributed by atoms with Gasteiger partial charge in [-0.2, -0.15) is 13.2 Å². The molecule has 9 heteroatoms. The number of benzene rings is 3. The minimum atomic E-state index is -4.45. The first-order chi connectivity index (χ1) is 19.2. The van der Waals surface area contributed by atoms with Gasteiger partial charge < -0.3 is 19.3 Å². The number of anilines is 1. The lowest BCUT2D eigenvalue weighted by Crippen LogP contribution is -2.46. The van der Waals surface area contributed by atoms with Crippen LogP contribution in [0.15, 0.2) is 84.9 Å². The van der Waals surface area contributed by atoms with Gasteiger partial charge in [-0.05, 0) is 47.0 Å². The fraction of sp³-hybridized carbons (Fsp3) is 0.290. The molecule has 1 atom stereocenters. The van der Waals surface area contributed by atoms with Crippen LogP contribution in [-0.2, 0) is 38.2 Å². The van der Waals surface area contributed by atoms with Crippen LogP contribution in [0.5, 0.6) is 0 Å². The van der Waals surface area contributed by atoms with E-state index in [1.54, 1.807) is 0 Å². The van der Waals surface area contributed by atoms with Gasteiger partial charge in [0.25, 0.3) is 0 Å². The number of nitrogens with zero attached hydrogens (tertiary/aromatic N) is 2. The molecule has 0 aromatic heterocycles. The predicted molar refractivity (Wildman–Crippen MR) is 146 cm³/mol. The number of amides is 1. The van der Waals surface area contributed by atoms with Crippen molar-refractivity contribution in [2.75, 3.05) is 38.3 Å². The Morgan fingerprint density at radius 3 is 2.20 bits per heavy atom. The van der Waals surface area contributed by atoms with Crippen molar-refractivity contribution in [1.82, 2.24) is 4.90 Å². The fourth-order valence-electron chi connectivity index (χ4n) is 4.51. The van der Waals surface area contributed by atoms with Gasteiger partial charge in [0.05, 0.1) is 25.9 Å². The van der Waals surface area contributed by atoms with Crippen molar-refractivity contribution in [3.05, 3.63) is 107 Å². The summed E-state index contributed by atoms with van der Waals surface area (Å²) in [6, 6.07) is 20.7. The van der Waals surface area contributed by atoms with Crippen LogP contribution in [0.4, 0.5) is 18.9 Å². The molecular weight excluding hydrogens is 521 g/mol. The fourth-order valence-corrected chi connectivity index (χ4v) is 4.51. The molecule has 1 aliphatic rings. The van der Waals surface area contributed by atoms with Crippen LogP contribution in [0.25, 0.3) is 6.08 Å². The standard InChI is InChI=1S/C31H31F3N2O4/c1-39-30(38)28(21-24-5-3-2-4-6-24)36(22-25-9-14-27(15-10-25)35-17-19-40-20-18-35)29(37)16-11-23-7-12-26(13-8-23)31(32,33)34/h2-16,28H,17-22H2,1H3/t28-/m0/s1. The topological polar surface area (TPSA) is 59.1 Å². The van der Waals surface area contributed by atoms with Gasteiger partial charge in [-0.3, -0.25) is 4.79 Å². The van der Waals surface area contributed by atoms with E-state index in [0.29, 0.717) is 18.8 Å². The molecule has 0 radical (unpaired) electrons. The summed E-state index contributed by atoms with van der Waals surface area (Å²) in [6.45, 7) is 3.04. The Morgan fingerprint density at radius 1 is 0.950 bits per heavy atom. The molecular formula is C31H31F3N2O4. The zero-order valence-electron chi connectivity index (χ0n) is 22.1. The molecule has 4 rings (SSSR count). The number of hydrogen-bond acceptors (Lipinski definition) is 5. The van der Waals surface area contributed by atoms with E-state index in [2.05, 4.69) is 4.90 Å². The van der Waals surface area contributed by atoms with Gasteiger partial charge in [0.2, 0.25) is 5.91 Å². The van der Waals surface area contributed by atoms with Crippen LogP contribution in [0, 0.1) is 0 Å². The Balaban J connectivity index is 1.59. The molecule has 1 amide bonds. The van der Waals surface area contributed by atoms with Gasteiger partial charge in [0, 0.05) is 37.8 Å². The first-order valence-electron chi connectivity index (χ1n) is 12.9. The lowest BCUT2D eigenvalue weighted by molar-refractivity contribution is -0.151. The average molecular weight is 553 g/mol. The molecule has 1 fully saturated rings. The third kappa shape index (κ3) is 7.72. The molecule has 1 saturated heterocycles. The quantitative estimate of drug-likeness (QED) is 0.264. The maximum absolute atomic E-state index is 13.5. The maximum Gasteiger partial charge on any atom is 0.416 e. The third-order valence-corrected chi connectivity index (χ3v) is 6.73. The van der Waals surface area contributed by atoms with E-state index >= 15 is 0 Å². The van der Waals surface area contributed by atoms with E-state index in [4.69, 9.17) is 9.47 Å². The molecule has 0 saturated carbocycles. The van der Waals surface area contributed by atoms with E-state index in [1.165, 1.54) is 36.3 Å². The summed E-state index contributed by atoms with van der Waals surface area (Å²) < 4.78 is 49.3. The molecule has 0 unspecified atom stereocenters. The van der Waals surface area contributed by atoms with Gasteiger partial charge >= 0.3 is 12.1 Å². The molecule has 210 valence electrons. The summed E-state index contributed by atoms with van der Waals surface area (Å²) >= 11 is 0. The van der Waals surface area contributed by atoms with Gasteiger partial charge in [0.1, 0.15) is 6.04 Å². The predicted octanol–water partition coefficient (Wildman–Crippen LogP) is 5.37. The van der Waals surface area contributed by atoms with Crippen molar-refractivity contribution in [2.24, 2.45) is 0 Å². The summed E-state index contributed by atoms with van der Waals surface area (Å²) in [5, 5.41) is 0. The number of alkyl halides is 3. The van der Waals surface area contributed by atoms with Gasteiger partial charge in [0.15, 0.2) is 0 Å². The lowest BCUT2D eigenvalue weighted by atomic mass is 10.0. The molecule has 1 heterocycles. The van der Waals surface area contributed by atoms with Crippen LogP contribution in [-0.4, -0.2) is 56.2 Å². The van der Waals surface area contributed by atoms with E-state index in [0.717, 1.165) is 42.0 Å². The van der Waals surface area contributed by atoms with Crippen LogP contribution in [0.1, 0.15) is 22.3 Å². The summed E-state index contributed by atoms with van der Waals surface area (Å²) in [4.78, 5) is 30.1. The number of ether oxygens (including phenoxy) is 2. The van der Waals surface area contributed by atoms with Gasteiger partial charge in [-0.15, -0.1) is 0 Å². The molecule has 0 bridgehead atoms. The summed E-state index contributed by atoms with van der Waals surface area (Å²) in [6.07, 6.45) is -1.50. The highest BCUT2D eigenvalue weighted by Gasteiger charge is 2.31. The van der Waals surface area contributed by atoms with Crippen LogP contribution < -0.4 is 4.90 Å². The minimum Gasteiger partial charge on any atom is -0.467 e. The van der Waals surface area contributed by atoms with Crippen LogP contribution >= 0.6 is 0 Å². The Morgan fingerprint density at radius 2 is 1.60 bits per heavy atom. The Bertz CT molecular complexity index is 1290. The van der Waals surface area contributed by atoms with Crippen molar-refractivity contribution in [1.29, 1.82) is 0 Å². The highest BCUT2D eigenvalue weighted by Crippen LogP contribution is 2.29. The van der Waals surface area contributed by atoms with Crippen molar-refractivity contribution in [3.8, 4) is 0 Å². The lowest BCUT2D eigenvalue weighted by Gasteiger charge is -2.30. The molecule has 3 aromatic carbocycles. The van der Waals surface area contributed by atoms with E-state index in [1.807, 2.05) is 54.6 Å². The van der Waals surface area contributed by atoms with Crippen molar-refractivity contribution in [2.45, 2.75) is 25.2 Å². The normalized spacial score (nSPS) is 14.7. The molecule has 40 heavy (non-hydrogen) atoms. The van der Waals surface area contributed by atoms with E-state index < -0.39 is 29.7 Å². The summed E-state index contributed by atoms with van der Waals surface area (Å²) in [7, 11) is 1.28. The second-order valence-corrected chi connectivity index (χ2v) is 9.41. The smallest absolute Gasteiger partial charge is 0.416 e. The van der Waals surface area contributed by atoms with Crippen molar-refractivity contribution >= 4 is 23.6 Å². The Hall–Kier alpha value is -4.11. The highest BCUT2D eigenvalue weighted by atomic mass is 19.4. The highest BCUT2D eigenvalue weighted by molar-refractivity contribution is 5.94. The number of morpholine rings is 1. The van der Waals surface area contributed by atoms with Crippen LogP contribution in [0.2, 0.25) is 0 Å². The molecule has 3 aromatic rings. The number of carbonyl (C=O) groups is 2. The maximum atomic E-state index is 13.5.